The number of rotatable bonds is 3. The van der Waals surface area contributed by atoms with Gasteiger partial charge in [0.05, 0.1) is 6.61 Å². The van der Waals surface area contributed by atoms with Crippen LogP contribution in [0.25, 0.3) is 11.1 Å². The summed E-state index contributed by atoms with van der Waals surface area (Å²) in [4.78, 5) is 24.3. The minimum Gasteiger partial charge on any atom is -0.465 e. The van der Waals surface area contributed by atoms with E-state index in [9.17, 15) is 9.59 Å². The Morgan fingerprint density at radius 1 is 1.09 bits per heavy atom. The van der Waals surface area contributed by atoms with Gasteiger partial charge in [0, 0.05) is 6.42 Å². The highest BCUT2D eigenvalue weighted by Crippen LogP contribution is 2.33. The Balaban J connectivity index is 1.98. The third kappa shape index (κ3) is 3.04. The number of ether oxygens (including phenoxy) is 1. The van der Waals surface area contributed by atoms with Crippen LogP contribution >= 0.6 is 0 Å². The van der Waals surface area contributed by atoms with Crippen molar-refractivity contribution in [3.63, 3.8) is 0 Å². The fraction of sp³-hybridized carbons (Fsp3) is 0.300. The van der Waals surface area contributed by atoms with Crippen molar-refractivity contribution in [2.24, 2.45) is 0 Å². The predicted molar refractivity (Wildman–Crippen MR) is 89.3 cm³/mol. The van der Waals surface area contributed by atoms with E-state index >= 15 is 0 Å². The van der Waals surface area contributed by atoms with Gasteiger partial charge in [-0.05, 0) is 42.5 Å². The maximum atomic E-state index is 12.2. The van der Waals surface area contributed by atoms with E-state index in [2.05, 4.69) is 37.3 Å². The van der Waals surface area contributed by atoms with E-state index in [-0.39, 0.29) is 5.78 Å². The first-order valence-electron chi connectivity index (χ1n) is 7.99. The molecule has 2 aromatic rings. The first kappa shape index (κ1) is 15.5. The highest BCUT2D eigenvalue weighted by Gasteiger charge is 2.34. The molecular weight excluding hydrogens is 288 g/mol. The van der Waals surface area contributed by atoms with Crippen molar-refractivity contribution in [1.82, 2.24) is 0 Å². The third-order valence-electron chi connectivity index (χ3n) is 4.32. The SMILES string of the molecule is CCOC(=O)[C@H]1C(=O)CCc2cc(-c3ccc(C)cc3)ccc21. The summed E-state index contributed by atoms with van der Waals surface area (Å²) in [7, 11) is 0. The van der Waals surface area contributed by atoms with Gasteiger partial charge in [0.2, 0.25) is 0 Å². The van der Waals surface area contributed by atoms with Crippen molar-refractivity contribution in [1.29, 1.82) is 0 Å². The molecule has 3 nitrogen and oxygen atoms in total. The number of fused-ring (bicyclic) bond motifs is 1. The summed E-state index contributed by atoms with van der Waals surface area (Å²) < 4.78 is 5.08. The second-order valence-corrected chi connectivity index (χ2v) is 5.93. The molecule has 0 spiro atoms. The van der Waals surface area contributed by atoms with Crippen molar-refractivity contribution in [3.8, 4) is 11.1 Å². The number of ketones is 1. The predicted octanol–water partition coefficient (Wildman–Crippen LogP) is 3.82. The van der Waals surface area contributed by atoms with E-state index in [4.69, 9.17) is 4.74 Å². The van der Waals surface area contributed by atoms with Crippen molar-refractivity contribution >= 4 is 11.8 Å². The number of carbonyl (C=O) groups is 2. The minimum absolute atomic E-state index is 0.0426. The molecular formula is C20H20O3. The van der Waals surface area contributed by atoms with Gasteiger partial charge in [-0.1, -0.05) is 48.0 Å². The van der Waals surface area contributed by atoms with E-state index < -0.39 is 11.9 Å². The molecule has 23 heavy (non-hydrogen) atoms. The number of Topliss-reactive ketones (excluding diaryl/α,β-unsaturated/α-hetero) is 1. The number of aryl methyl sites for hydroxylation is 2. The van der Waals surface area contributed by atoms with E-state index in [0.29, 0.717) is 19.4 Å². The van der Waals surface area contributed by atoms with Crippen molar-refractivity contribution in [3.05, 3.63) is 59.2 Å². The van der Waals surface area contributed by atoms with Gasteiger partial charge in [0.15, 0.2) is 5.78 Å². The Morgan fingerprint density at radius 2 is 1.78 bits per heavy atom. The summed E-state index contributed by atoms with van der Waals surface area (Å²) in [6, 6.07) is 14.3. The maximum Gasteiger partial charge on any atom is 0.321 e. The zero-order chi connectivity index (χ0) is 16.4. The summed E-state index contributed by atoms with van der Waals surface area (Å²) >= 11 is 0. The molecule has 0 fully saturated rings. The summed E-state index contributed by atoms with van der Waals surface area (Å²) in [5, 5.41) is 0. The van der Waals surface area contributed by atoms with Gasteiger partial charge in [-0.2, -0.15) is 0 Å². The zero-order valence-corrected chi connectivity index (χ0v) is 13.5. The Kier molecular flexibility index (Phi) is 4.28. The lowest BCUT2D eigenvalue weighted by Gasteiger charge is -2.23. The molecule has 2 aromatic carbocycles. The smallest absolute Gasteiger partial charge is 0.321 e. The molecule has 0 aromatic heterocycles. The van der Waals surface area contributed by atoms with Crippen LogP contribution < -0.4 is 0 Å². The minimum atomic E-state index is -0.759. The lowest BCUT2D eigenvalue weighted by Crippen LogP contribution is -2.29. The molecule has 0 aliphatic heterocycles. The highest BCUT2D eigenvalue weighted by atomic mass is 16.5. The van der Waals surface area contributed by atoms with Gasteiger partial charge in [-0.3, -0.25) is 9.59 Å². The van der Waals surface area contributed by atoms with Crippen LogP contribution in [0.1, 0.15) is 36.0 Å². The van der Waals surface area contributed by atoms with Gasteiger partial charge in [-0.25, -0.2) is 0 Å². The summed E-state index contributed by atoms with van der Waals surface area (Å²) in [6.07, 6.45) is 1.08. The number of esters is 1. The summed E-state index contributed by atoms with van der Waals surface area (Å²) in [5.74, 6) is -1.23. The zero-order valence-electron chi connectivity index (χ0n) is 13.5. The quantitative estimate of drug-likeness (QED) is 0.639. The van der Waals surface area contributed by atoms with Crippen LogP contribution in [0.5, 0.6) is 0 Å². The maximum absolute atomic E-state index is 12.2. The van der Waals surface area contributed by atoms with E-state index in [1.165, 1.54) is 5.56 Å². The monoisotopic (exact) mass is 308 g/mol. The molecule has 118 valence electrons. The molecule has 0 N–H and O–H groups in total. The molecule has 1 aliphatic carbocycles. The first-order chi connectivity index (χ1) is 11.1. The number of hydrogen-bond donors (Lipinski definition) is 0. The topological polar surface area (TPSA) is 43.4 Å². The van der Waals surface area contributed by atoms with E-state index in [1.807, 2.05) is 12.1 Å². The fourth-order valence-corrected chi connectivity index (χ4v) is 3.09. The van der Waals surface area contributed by atoms with Crippen LogP contribution in [-0.4, -0.2) is 18.4 Å². The Morgan fingerprint density at radius 3 is 2.48 bits per heavy atom. The normalized spacial score (nSPS) is 16.8. The number of benzene rings is 2. The van der Waals surface area contributed by atoms with E-state index in [0.717, 1.165) is 22.3 Å². The summed E-state index contributed by atoms with van der Waals surface area (Å²) in [5.41, 5.74) is 5.35. The third-order valence-corrected chi connectivity index (χ3v) is 4.32. The average Bonchev–Trinajstić information content (AvgIpc) is 2.55. The molecule has 1 aliphatic rings. The lowest BCUT2D eigenvalue weighted by atomic mass is 9.80. The fourth-order valence-electron chi connectivity index (χ4n) is 3.09. The molecule has 0 saturated carbocycles. The van der Waals surface area contributed by atoms with Gasteiger partial charge in [0.1, 0.15) is 5.92 Å². The summed E-state index contributed by atoms with van der Waals surface area (Å²) in [6.45, 7) is 4.11. The first-order valence-corrected chi connectivity index (χ1v) is 7.99. The van der Waals surface area contributed by atoms with Crippen molar-refractivity contribution < 1.29 is 14.3 Å². The Labute approximate surface area is 136 Å². The molecule has 0 unspecified atom stereocenters. The van der Waals surface area contributed by atoms with Crippen LogP contribution in [0.2, 0.25) is 0 Å². The molecule has 0 amide bonds. The van der Waals surface area contributed by atoms with Crippen LogP contribution in [0.3, 0.4) is 0 Å². The van der Waals surface area contributed by atoms with Gasteiger partial charge in [-0.15, -0.1) is 0 Å². The molecule has 0 bridgehead atoms. The van der Waals surface area contributed by atoms with Gasteiger partial charge in [0.25, 0.3) is 0 Å². The Bertz CT molecular complexity index is 744. The van der Waals surface area contributed by atoms with Crippen LogP contribution in [0.4, 0.5) is 0 Å². The van der Waals surface area contributed by atoms with Crippen LogP contribution in [-0.2, 0) is 20.7 Å². The Hall–Kier alpha value is -2.42. The van der Waals surface area contributed by atoms with Crippen LogP contribution in [0, 0.1) is 6.92 Å². The highest BCUT2D eigenvalue weighted by molar-refractivity contribution is 6.06. The molecule has 0 heterocycles. The van der Waals surface area contributed by atoms with Crippen molar-refractivity contribution in [2.75, 3.05) is 6.61 Å². The van der Waals surface area contributed by atoms with Gasteiger partial charge >= 0.3 is 5.97 Å². The average molecular weight is 308 g/mol. The standard InChI is InChI=1S/C20H20O3/c1-3-23-20(22)19-17-10-8-15(12-16(17)9-11-18(19)21)14-6-4-13(2)5-7-14/h4-8,10,12,19H,3,9,11H2,1-2H3/t19-/m1/s1. The van der Waals surface area contributed by atoms with Crippen LogP contribution in [0.15, 0.2) is 42.5 Å². The molecule has 0 saturated heterocycles. The molecule has 1 atom stereocenters. The second-order valence-electron chi connectivity index (χ2n) is 5.93. The number of carbonyl (C=O) groups excluding carboxylic acids is 2. The van der Waals surface area contributed by atoms with Crippen molar-refractivity contribution in [2.45, 2.75) is 32.6 Å². The largest absolute Gasteiger partial charge is 0.465 e. The number of hydrogen-bond acceptors (Lipinski definition) is 3. The van der Waals surface area contributed by atoms with E-state index in [1.54, 1.807) is 6.92 Å². The second kappa shape index (κ2) is 6.37. The molecule has 0 radical (unpaired) electrons. The lowest BCUT2D eigenvalue weighted by molar-refractivity contribution is -0.148. The van der Waals surface area contributed by atoms with Gasteiger partial charge < -0.3 is 4.74 Å². The molecule has 3 heteroatoms. The molecule has 3 rings (SSSR count).